The summed E-state index contributed by atoms with van der Waals surface area (Å²) >= 11 is 0. The molecule has 1 aromatic rings. The summed E-state index contributed by atoms with van der Waals surface area (Å²) in [4.78, 5) is 0. The standard InChI is InChI=1S/C13H25N3/c1-6-12-11(10-16(5)15-12)9-14-8-7-13(2,3)4/h10,14H,6-9H2,1-5H3. The molecule has 1 aromatic heterocycles. The molecule has 1 N–H and O–H groups in total. The van der Waals surface area contributed by atoms with Crippen molar-refractivity contribution in [2.24, 2.45) is 12.5 Å². The van der Waals surface area contributed by atoms with Crippen LogP contribution in [-0.2, 0) is 20.0 Å². The maximum Gasteiger partial charge on any atom is 0.0666 e. The van der Waals surface area contributed by atoms with Gasteiger partial charge in [-0.2, -0.15) is 5.10 Å². The molecule has 92 valence electrons. The van der Waals surface area contributed by atoms with Crippen LogP contribution >= 0.6 is 0 Å². The van der Waals surface area contributed by atoms with Crippen molar-refractivity contribution in [2.75, 3.05) is 6.54 Å². The van der Waals surface area contributed by atoms with Crippen LogP contribution in [0.2, 0.25) is 0 Å². The van der Waals surface area contributed by atoms with E-state index >= 15 is 0 Å². The predicted molar refractivity (Wildman–Crippen MR) is 68.4 cm³/mol. The highest BCUT2D eigenvalue weighted by Gasteiger charge is 2.09. The Morgan fingerprint density at radius 2 is 2.06 bits per heavy atom. The molecule has 0 amide bonds. The zero-order chi connectivity index (χ0) is 12.2. The molecule has 0 aromatic carbocycles. The van der Waals surface area contributed by atoms with E-state index in [1.165, 1.54) is 17.7 Å². The molecule has 0 unspecified atom stereocenters. The zero-order valence-electron chi connectivity index (χ0n) is 11.3. The SMILES string of the molecule is CCc1nn(C)cc1CNCCC(C)(C)C. The van der Waals surface area contributed by atoms with Gasteiger partial charge in [-0.1, -0.05) is 27.7 Å². The summed E-state index contributed by atoms with van der Waals surface area (Å²) in [5.74, 6) is 0. The normalized spacial score (nSPS) is 12.1. The quantitative estimate of drug-likeness (QED) is 0.777. The van der Waals surface area contributed by atoms with Crippen LogP contribution in [-0.4, -0.2) is 16.3 Å². The number of rotatable bonds is 5. The minimum atomic E-state index is 0.412. The predicted octanol–water partition coefficient (Wildman–Crippen LogP) is 2.51. The summed E-state index contributed by atoms with van der Waals surface area (Å²) < 4.78 is 1.90. The van der Waals surface area contributed by atoms with Crippen molar-refractivity contribution in [3.63, 3.8) is 0 Å². The summed E-state index contributed by atoms with van der Waals surface area (Å²) in [5.41, 5.74) is 2.96. The van der Waals surface area contributed by atoms with E-state index < -0.39 is 0 Å². The van der Waals surface area contributed by atoms with Crippen LogP contribution in [0, 0.1) is 5.41 Å². The molecule has 0 bridgehead atoms. The molecule has 0 radical (unpaired) electrons. The number of hydrogen-bond acceptors (Lipinski definition) is 2. The Labute approximate surface area is 99.2 Å². The van der Waals surface area contributed by atoms with E-state index in [1.807, 2.05) is 11.7 Å². The van der Waals surface area contributed by atoms with E-state index in [0.29, 0.717) is 5.41 Å². The van der Waals surface area contributed by atoms with Gasteiger partial charge in [0.25, 0.3) is 0 Å². The van der Waals surface area contributed by atoms with Gasteiger partial charge in [-0.3, -0.25) is 4.68 Å². The topological polar surface area (TPSA) is 29.9 Å². The van der Waals surface area contributed by atoms with Crippen LogP contribution in [0.5, 0.6) is 0 Å². The molecule has 0 spiro atoms. The van der Waals surface area contributed by atoms with Gasteiger partial charge in [0.05, 0.1) is 5.69 Å². The van der Waals surface area contributed by atoms with E-state index in [9.17, 15) is 0 Å². The monoisotopic (exact) mass is 223 g/mol. The van der Waals surface area contributed by atoms with Gasteiger partial charge >= 0.3 is 0 Å². The van der Waals surface area contributed by atoms with Crippen LogP contribution < -0.4 is 5.32 Å². The lowest BCUT2D eigenvalue weighted by Crippen LogP contribution is -2.20. The second-order valence-electron chi connectivity index (χ2n) is 5.62. The first-order valence-corrected chi connectivity index (χ1v) is 6.14. The van der Waals surface area contributed by atoms with Gasteiger partial charge in [0.2, 0.25) is 0 Å². The van der Waals surface area contributed by atoms with E-state index in [0.717, 1.165) is 19.5 Å². The minimum Gasteiger partial charge on any atom is -0.313 e. The first kappa shape index (κ1) is 13.2. The maximum atomic E-state index is 4.43. The van der Waals surface area contributed by atoms with Crippen molar-refractivity contribution in [3.05, 3.63) is 17.5 Å². The molecule has 1 rings (SSSR count). The zero-order valence-corrected chi connectivity index (χ0v) is 11.3. The second kappa shape index (κ2) is 5.48. The van der Waals surface area contributed by atoms with Gasteiger partial charge in [-0.05, 0) is 24.8 Å². The third-order valence-corrected chi connectivity index (χ3v) is 2.69. The number of aryl methyl sites for hydroxylation is 2. The molecule has 0 aliphatic carbocycles. The Hall–Kier alpha value is -0.830. The molecule has 16 heavy (non-hydrogen) atoms. The van der Waals surface area contributed by atoms with Crippen LogP contribution in [0.3, 0.4) is 0 Å². The van der Waals surface area contributed by atoms with Crippen molar-refractivity contribution >= 4 is 0 Å². The largest absolute Gasteiger partial charge is 0.313 e. The van der Waals surface area contributed by atoms with Crippen molar-refractivity contribution < 1.29 is 0 Å². The smallest absolute Gasteiger partial charge is 0.0666 e. The van der Waals surface area contributed by atoms with Gasteiger partial charge in [0.15, 0.2) is 0 Å². The lowest BCUT2D eigenvalue weighted by atomic mass is 9.92. The van der Waals surface area contributed by atoms with E-state index in [-0.39, 0.29) is 0 Å². The Bertz CT molecular complexity index is 320. The average molecular weight is 223 g/mol. The van der Waals surface area contributed by atoms with Crippen molar-refractivity contribution in [3.8, 4) is 0 Å². The molecular weight excluding hydrogens is 198 g/mol. The molecule has 3 nitrogen and oxygen atoms in total. The van der Waals surface area contributed by atoms with E-state index in [4.69, 9.17) is 0 Å². The first-order chi connectivity index (χ1) is 7.42. The fourth-order valence-electron chi connectivity index (χ4n) is 1.72. The fraction of sp³-hybridized carbons (Fsp3) is 0.769. The summed E-state index contributed by atoms with van der Waals surface area (Å²) in [6.45, 7) is 11.0. The van der Waals surface area contributed by atoms with Crippen LogP contribution in [0.15, 0.2) is 6.20 Å². The fourth-order valence-corrected chi connectivity index (χ4v) is 1.72. The Kier molecular flexibility index (Phi) is 4.54. The van der Waals surface area contributed by atoms with Crippen LogP contribution in [0.4, 0.5) is 0 Å². The molecule has 0 saturated carbocycles. The number of nitrogens with zero attached hydrogens (tertiary/aromatic N) is 2. The average Bonchev–Trinajstić information content (AvgIpc) is 2.52. The summed E-state index contributed by atoms with van der Waals surface area (Å²) in [6, 6.07) is 0. The van der Waals surface area contributed by atoms with Crippen molar-refractivity contribution in [1.29, 1.82) is 0 Å². The third kappa shape index (κ3) is 4.35. The van der Waals surface area contributed by atoms with Gasteiger partial charge in [-0.25, -0.2) is 0 Å². The van der Waals surface area contributed by atoms with Gasteiger partial charge < -0.3 is 5.32 Å². The Morgan fingerprint density at radius 1 is 1.38 bits per heavy atom. The molecule has 0 atom stereocenters. The lowest BCUT2D eigenvalue weighted by molar-refractivity contribution is 0.366. The number of nitrogens with one attached hydrogen (secondary N) is 1. The molecule has 3 heteroatoms. The first-order valence-electron chi connectivity index (χ1n) is 6.14. The van der Waals surface area contributed by atoms with Gasteiger partial charge in [0, 0.05) is 25.4 Å². The molecule has 0 aliphatic rings. The highest BCUT2D eigenvalue weighted by atomic mass is 15.3. The van der Waals surface area contributed by atoms with Gasteiger partial charge in [0.1, 0.15) is 0 Å². The Balaban J connectivity index is 2.37. The second-order valence-corrected chi connectivity index (χ2v) is 5.62. The molecule has 0 saturated heterocycles. The van der Waals surface area contributed by atoms with Crippen LogP contribution in [0.1, 0.15) is 45.4 Å². The molecule has 1 heterocycles. The molecular formula is C13H25N3. The highest BCUT2D eigenvalue weighted by Crippen LogP contribution is 2.17. The Morgan fingerprint density at radius 3 is 2.62 bits per heavy atom. The van der Waals surface area contributed by atoms with Gasteiger partial charge in [-0.15, -0.1) is 0 Å². The maximum absolute atomic E-state index is 4.43. The lowest BCUT2D eigenvalue weighted by Gasteiger charge is -2.17. The summed E-state index contributed by atoms with van der Waals surface area (Å²) in [7, 11) is 1.98. The molecule has 0 aliphatic heterocycles. The van der Waals surface area contributed by atoms with E-state index in [2.05, 4.69) is 44.3 Å². The third-order valence-electron chi connectivity index (χ3n) is 2.69. The minimum absolute atomic E-state index is 0.412. The summed E-state index contributed by atoms with van der Waals surface area (Å²) in [5, 5.41) is 7.93. The highest BCUT2D eigenvalue weighted by molar-refractivity contribution is 5.16. The van der Waals surface area contributed by atoms with Crippen molar-refractivity contribution in [2.45, 2.75) is 47.1 Å². The number of aromatic nitrogens is 2. The molecule has 0 fully saturated rings. The summed E-state index contributed by atoms with van der Waals surface area (Å²) in [6.07, 6.45) is 4.33. The van der Waals surface area contributed by atoms with Crippen molar-refractivity contribution in [1.82, 2.24) is 15.1 Å². The van der Waals surface area contributed by atoms with Crippen LogP contribution in [0.25, 0.3) is 0 Å². The van der Waals surface area contributed by atoms with E-state index in [1.54, 1.807) is 0 Å². The number of hydrogen-bond donors (Lipinski definition) is 1.